The fourth-order valence-electron chi connectivity index (χ4n) is 0.703. The van der Waals surface area contributed by atoms with Gasteiger partial charge in [-0.3, -0.25) is 4.79 Å². The van der Waals surface area contributed by atoms with Crippen LogP contribution in [0.1, 0.15) is 19.8 Å². The number of nitrogens with zero attached hydrogens (tertiary/aromatic N) is 1. The molecule has 0 saturated carbocycles. The van der Waals surface area contributed by atoms with Crippen LogP contribution < -0.4 is 294 Å². The van der Waals surface area contributed by atoms with Gasteiger partial charge in [-0.25, -0.2) is 28.7 Å². The summed E-state index contributed by atoms with van der Waals surface area (Å²) in [5.74, 6) is -6.42. The van der Waals surface area contributed by atoms with Gasteiger partial charge in [0.1, 0.15) is 0 Å². The van der Waals surface area contributed by atoms with Gasteiger partial charge >= 0.3 is 219 Å². The van der Waals surface area contributed by atoms with Gasteiger partial charge in [-0.15, -0.1) is 10.2 Å². The average molecular weight is 795 g/mol. The first-order valence-corrected chi connectivity index (χ1v) is 6.34. The molecule has 1 atom stereocenters. The molecular weight excluding hydrogens is 785 g/mol. The number of carbonyl (C=O) groups is 4. The molecule has 15 nitrogen and oxygen atoms in total. The Morgan fingerprint density at radius 2 is 1.03 bits per heavy atom. The largest absolute Gasteiger partial charge is 1.00 e. The van der Waals surface area contributed by atoms with Crippen molar-refractivity contribution in [3.63, 3.8) is 0 Å². The summed E-state index contributed by atoms with van der Waals surface area (Å²) >= 11 is 0. The van der Waals surface area contributed by atoms with E-state index in [2.05, 4.69) is 0 Å². The monoisotopic (exact) mass is 793 g/mol. The molecule has 0 aliphatic rings. The van der Waals surface area contributed by atoms with E-state index >= 15 is 0 Å². The minimum absolute atomic E-state index is 0. The summed E-state index contributed by atoms with van der Waals surface area (Å²) in [7, 11) is -4.94. The van der Waals surface area contributed by atoms with Crippen molar-refractivity contribution in [1.82, 2.24) is 0 Å². The molecular formula is C9H10BrCl2INNa7O14. The number of hydrogen-bond acceptors (Lipinski definition) is 13. The number of carbonyl (C=O) groups excluding carboxylic acids is 2. The second kappa shape index (κ2) is 55.7. The number of rotatable bonds is 5. The molecule has 0 aliphatic carbocycles. The molecule has 0 aromatic rings. The second-order valence-corrected chi connectivity index (χ2v) is 4.17. The molecule has 0 rings (SSSR count). The third-order valence-electron chi connectivity index (χ3n) is 1.28. The number of hydrogen-bond donors (Lipinski definition) is 3. The number of halogens is 4. The Balaban J connectivity index is -0.0000000147. The molecule has 170 valence electrons. The number of nitriles is 1. The van der Waals surface area contributed by atoms with E-state index in [9.17, 15) is 19.5 Å². The number of carboxylic acids is 4. The number of aliphatic carboxylic acids is 4. The van der Waals surface area contributed by atoms with Crippen molar-refractivity contribution in [2.75, 3.05) is 0 Å². The molecule has 0 heterocycles. The van der Waals surface area contributed by atoms with Gasteiger partial charge in [0.25, 0.3) is 0 Å². The average Bonchev–Trinajstić information content (AvgIpc) is 2.23. The van der Waals surface area contributed by atoms with E-state index in [-0.39, 0.29) is 260 Å². The van der Waals surface area contributed by atoms with Gasteiger partial charge < -0.3 is 93.6 Å². The van der Waals surface area contributed by atoms with Gasteiger partial charge in [-0.05, 0) is 6.92 Å². The van der Waals surface area contributed by atoms with E-state index in [4.69, 9.17) is 54.2 Å². The van der Waals surface area contributed by atoms with Crippen molar-refractivity contribution >= 4 is 23.9 Å². The minimum Gasteiger partial charge on any atom is -1.00 e. The molecule has 1 unspecified atom stereocenters. The van der Waals surface area contributed by atoms with Gasteiger partial charge in [0.2, 0.25) is 0 Å². The molecule has 0 spiro atoms. The Morgan fingerprint density at radius 3 is 1.11 bits per heavy atom. The summed E-state index contributed by atoms with van der Waals surface area (Å²) in [5, 5.41) is 59.4. The fourth-order valence-corrected chi connectivity index (χ4v) is 0.703. The first-order chi connectivity index (χ1) is 10.9. The van der Waals surface area contributed by atoms with Gasteiger partial charge in [0, 0.05) is 24.6 Å². The van der Waals surface area contributed by atoms with Crippen LogP contribution in [-0.4, -0.2) is 44.8 Å². The topological polar surface area (TPSA) is 314 Å². The molecule has 0 saturated heterocycles. The third-order valence-corrected chi connectivity index (χ3v) is 1.28. The van der Waals surface area contributed by atoms with Crippen LogP contribution in [0, 0.1) is 21.8 Å². The summed E-state index contributed by atoms with van der Waals surface area (Å²) in [5.41, 5.74) is -2.80. The van der Waals surface area contributed by atoms with Crippen LogP contribution in [0.25, 0.3) is 0 Å². The van der Waals surface area contributed by atoms with Gasteiger partial charge in [0.15, 0.2) is 5.60 Å². The number of carboxylic acid groups (broad SMARTS) is 4. The van der Waals surface area contributed by atoms with E-state index in [0.717, 1.165) is 6.92 Å². The van der Waals surface area contributed by atoms with E-state index in [1.165, 1.54) is 0 Å². The quantitative estimate of drug-likeness (QED) is 0.132. The van der Waals surface area contributed by atoms with Crippen LogP contribution in [-0.2, 0) is 19.2 Å². The smallest absolute Gasteiger partial charge is 1.00 e. The van der Waals surface area contributed by atoms with E-state index in [1.807, 2.05) is 0 Å². The first-order valence-electron chi connectivity index (χ1n) is 5.10. The molecule has 0 fully saturated rings. The first kappa shape index (κ1) is 90.0. The van der Waals surface area contributed by atoms with Crippen LogP contribution in [0.4, 0.5) is 0 Å². The van der Waals surface area contributed by atoms with E-state index < -0.39 is 52.6 Å². The summed E-state index contributed by atoms with van der Waals surface area (Å²) in [6, 6.07) is 0. The maximum absolute atomic E-state index is 10.3. The molecule has 0 aromatic carbocycles. The Morgan fingerprint density at radius 1 is 0.857 bits per heavy atom. The Bertz CT molecular complexity index is 493. The Kier molecular flexibility index (Phi) is 143. The summed E-state index contributed by atoms with van der Waals surface area (Å²) in [4.78, 5) is 39.2. The minimum atomic E-state index is -4.94. The van der Waals surface area contributed by atoms with E-state index in [1.54, 1.807) is 0 Å². The standard InChI is InChI=1S/C6H8O7.C2H4O2.CHNO.BrH.ClHO4.ClH.HI.7Na/c7-3(8)1-6(13,5(11)12)2-4(9)10;1-2(3)4;2-1-3;;2-1(3,4)5;;;;;;;;;/h13H,1-2H2,(H,7,8)(H,9,10)(H,11,12);1H3,(H,3,4);3H;1H;(H,2,3,4,5);2*1H;;;;;;;/q;;;;;;;7*+1/p-7. The predicted octanol–water partition coefficient (Wildman–Crippen LogP) is -39.7. The fraction of sp³-hybridized carbons (Fsp3) is 0.444. The molecule has 0 aliphatic heterocycles. The normalized spacial score (nSPS) is 8.03. The van der Waals surface area contributed by atoms with Crippen molar-refractivity contribution in [2.24, 2.45) is 0 Å². The maximum atomic E-state index is 10.3. The van der Waals surface area contributed by atoms with Gasteiger partial charge in [-0.2, -0.15) is 0 Å². The molecule has 0 bridgehead atoms. The number of aliphatic hydroxyl groups is 1. The van der Waals surface area contributed by atoms with Gasteiger partial charge in [0.05, 0.1) is 6.42 Å². The van der Waals surface area contributed by atoms with Crippen molar-refractivity contribution < 1.29 is 339 Å². The van der Waals surface area contributed by atoms with Crippen molar-refractivity contribution in [3.05, 3.63) is 0 Å². The van der Waals surface area contributed by atoms with Crippen LogP contribution in [0.2, 0.25) is 0 Å². The third kappa shape index (κ3) is 120. The predicted molar refractivity (Wildman–Crippen MR) is 50.8 cm³/mol. The summed E-state index contributed by atoms with van der Waals surface area (Å²) in [6.45, 7) is 0.972. The van der Waals surface area contributed by atoms with Crippen LogP contribution in [0.3, 0.4) is 0 Å². The zero-order chi connectivity index (χ0) is 21.4. The SMILES string of the molecule is CC(=O)[O-].N#C[O-].O=C([O-])CC(O)(CC(=O)O)C(=O)O.[Br-].[Cl-].[I-].[Na+].[Na+].[Na+].[Na+].[Na+].[Na+].[Na+].[O-][Cl+3]([O-])([O-])[O-]. The molecule has 0 aromatic heterocycles. The van der Waals surface area contributed by atoms with Crippen molar-refractivity contribution in [3.8, 4) is 6.26 Å². The molecule has 35 heavy (non-hydrogen) atoms. The molecule has 26 heteroatoms. The Hall–Kier alpha value is 5.76. The van der Waals surface area contributed by atoms with Gasteiger partial charge in [-0.1, -0.05) is 0 Å². The summed E-state index contributed by atoms with van der Waals surface area (Å²) in [6.07, 6.45) is -1.94. The maximum Gasteiger partial charge on any atom is 1.00 e. The van der Waals surface area contributed by atoms with E-state index in [0.29, 0.717) is 6.26 Å². The van der Waals surface area contributed by atoms with Crippen LogP contribution in [0.5, 0.6) is 0 Å². The summed E-state index contributed by atoms with van der Waals surface area (Å²) < 4.78 is 34.0. The Labute approximate surface area is 391 Å². The van der Waals surface area contributed by atoms with Crippen LogP contribution in [0.15, 0.2) is 0 Å². The zero-order valence-corrected chi connectivity index (χ0v) is 39.5. The zero-order valence-electron chi connectivity index (χ0n) is 20.2. The van der Waals surface area contributed by atoms with Crippen molar-refractivity contribution in [2.45, 2.75) is 25.4 Å². The van der Waals surface area contributed by atoms with Crippen molar-refractivity contribution in [1.29, 1.82) is 5.26 Å². The molecule has 0 radical (unpaired) electrons. The molecule has 3 N–H and O–H groups in total. The van der Waals surface area contributed by atoms with Crippen LogP contribution >= 0.6 is 0 Å². The second-order valence-electron chi connectivity index (χ2n) is 3.42. The molecule has 0 amide bonds.